The molecule has 0 atom stereocenters. The van der Waals surface area contributed by atoms with E-state index in [4.69, 9.17) is 4.74 Å². The summed E-state index contributed by atoms with van der Waals surface area (Å²) in [6.45, 7) is 0.0884. The number of ether oxygens (including phenoxy) is 1. The average Bonchev–Trinajstić information content (AvgIpc) is 3.19. The van der Waals surface area contributed by atoms with E-state index in [-0.39, 0.29) is 31.8 Å². The van der Waals surface area contributed by atoms with E-state index in [0.29, 0.717) is 28.9 Å². The van der Waals surface area contributed by atoms with E-state index in [0.717, 1.165) is 4.90 Å². The molecule has 0 saturated heterocycles. The van der Waals surface area contributed by atoms with Gasteiger partial charge in [0.15, 0.2) is 5.69 Å². The van der Waals surface area contributed by atoms with E-state index in [1.807, 2.05) is 0 Å². The van der Waals surface area contributed by atoms with Crippen molar-refractivity contribution in [3.8, 4) is 0 Å². The molecule has 1 aliphatic rings. The highest BCUT2D eigenvalue weighted by Gasteiger charge is 2.34. The molecule has 3 aromatic carbocycles. The number of nitro groups is 2. The van der Waals surface area contributed by atoms with E-state index in [2.05, 4.69) is 10.2 Å². The van der Waals surface area contributed by atoms with Gasteiger partial charge in [0, 0.05) is 25.3 Å². The van der Waals surface area contributed by atoms with Gasteiger partial charge in [0.05, 0.1) is 45.7 Å². The minimum atomic E-state index is -1.28. The molecule has 3 aromatic rings. The Kier molecular flexibility index (Phi) is 8.36. The van der Waals surface area contributed by atoms with E-state index >= 15 is 0 Å². The van der Waals surface area contributed by atoms with Crippen LogP contribution in [0.3, 0.4) is 0 Å². The first-order valence-corrected chi connectivity index (χ1v) is 12.0. The standard InChI is InChI=1S/C26H21FN6O8/c1-30(11-10-24(34)41-13-12-31-25(35)18-4-2-3-5-19(18)26(31)36)17-8-6-16(7-9-17)28-29-21-14-20(27)22(32(37)38)15-23(21)33(39)40/h2-9,14-15H,10-13H2,1H3. The zero-order chi connectivity index (χ0) is 29.7. The SMILES string of the molecule is CN(CCC(=O)OCCN1C(=O)c2ccccc2C1=O)c1ccc(N=Nc2cc(F)c([N+](=O)[O-])cc2[N+](=O)[O-])cc1. The van der Waals surface area contributed by atoms with Crippen LogP contribution in [0.4, 0.5) is 32.8 Å². The van der Waals surface area contributed by atoms with Crippen LogP contribution in [0.1, 0.15) is 27.1 Å². The third-order valence-electron chi connectivity index (χ3n) is 6.11. The molecule has 0 fully saturated rings. The number of hydrogen-bond acceptors (Lipinski definition) is 11. The summed E-state index contributed by atoms with van der Waals surface area (Å²) in [5.41, 5.74) is -0.707. The molecular weight excluding hydrogens is 543 g/mol. The number of hydrogen-bond donors (Lipinski definition) is 0. The fourth-order valence-corrected chi connectivity index (χ4v) is 3.95. The van der Waals surface area contributed by atoms with Gasteiger partial charge in [-0.05, 0) is 36.4 Å². The fourth-order valence-electron chi connectivity index (χ4n) is 3.95. The van der Waals surface area contributed by atoms with Crippen molar-refractivity contribution in [1.82, 2.24) is 4.90 Å². The van der Waals surface area contributed by atoms with Crippen LogP contribution in [0.25, 0.3) is 0 Å². The van der Waals surface area contributed by atoms with Gasteiger partial charge in [-0.25, -0.2) is 0 Å². The quantitative estimate of drug-likeness (QED) is 0.105. The number of esters is 1. The second-order valence-electron chi connectivity index (χ2n) is 8.72. The second kappa shape index (κ2) is 12.1. The molecular formula is C26H21FN6O8. The molecule has 0 aliphatic carbocycles. The van der Waals surface area contributed by atoms with Crippen molar-refractivity contribution in [2.75, 3.05) is 31.6 Å². The van der Waals surface area contributed by atoms with Crippen molar-refractivity contribution in [2.45, 2.75) is 6.42 Å². The Morgan fingerprint density at radius 1 is 0.951 bits per heavy atom. The van der Waals surface area contributed by atoms with Crippen LogP contribution in [0.15, 0.2) is 70.9 Å². The smallest absolute Gasteiger partial charge is 0.311 e. The molecule has 14 nitrogen and oxygen atoms in total. The minimum absolute atomic E-state index is 0.0233. The number of imide groups is 1. The molecule has 0 unspecified atom stereocenters. The normalized spacial score (nSPS) is 12.5. The molecule has 0 aromatic heterocycles. The monoisotopic (exact) mass is 564 g/mol. The van der Waals surface area contributed by atoms with Crippen molar-refractivity contribution < 1.29 is 33.4 Å². The molecule has 2 amide bonds. The molecule has 4 rings (SSSR count). The Balaban J connectivity index is 1.27. The lowest BCUT2D eigenvalue weighted by Crippen LogP contribution is -2.33. The molecule has 0 saturated carbocycles. The maximum Gasteiger partial charge on any atom is 0.311 e. The Labute approximate surface area is 230 Å². The van der Waals surface area contributed by atoms with Crippen LogP contribution in [-0.4, -0.2) is 59.3 Å². The highest BCUT2D eigenvalue weighted by molar-refractivity contribution is 6.21. The number of azo groups is 1. The minimum Gasteiger partial charge on any atom is -0.464 e. The number of benzene rings is 3. The van der Waals surface area contributed by atoms with Crippen molar-refractivity contribution in [1.29, 1.82) is 0 Å². The number of nitro benzene ring substituents is 2. The lowest BCUT2D eigenvalue weighted by atomic mass is 10.1. The van der Waals surface area contributed by atoms with E-state index < -0.39 is 50.5 Å². The molecule has 41 heavy (non-hydrogen) atoms. The van der Waals surface area contributed by atoms with Crippen LogP contribution in [-0.2, 0) is 9.53 Å². The summed E-state index contributed by atoms with van der Waals surface area (Å²) in [5.74, 6) is -2.66. The highest BCUT2D eigenvalue weighted by atomic mass is 19.1. The van der Waals surface area contributed by atoms with Gasteiger partial charge in [0.1, 0.15) is 6.61 Å². The Morgan fingerprint density at radius 2 is 1.56 bits per heavy atom. The van der Waals surface area contributed by atoms with Gasteiger partial charge in [-0.3, -0.25) is 39.5 Å². The molecule has 0 spiro atoms. The first-order chi connectivity index (χ1) is 19.6. The zero-order valence-corrected chi connectivity index (χ0v) is 21.4. The molecule has 0 radical (unpaired) electrons. The molecule has 15 heteroatoms. The van der Waals surface area contributed by atoms with Gasteiger partial charge in [-0.15, -0.1) is 5.11 Å². The predicted molar refractivity (Wildman–Crippen MR) is 141 cm³/mol. The van der Waals surface area contributed by atoms with Gasteiger partial charge in [-0.1, -0.05) is 12.1 Å². The molecule has 1 heterocycles. The van der Waals surface area contributed by atoms with Crippen LogP contribution in [0.2, 0.25) is 0 Å². The number of fused-ring (bicyclic) bond motifs is 1. The molecule has 1 aliphatic heterocycles. The summed E-state index contributed by atoms with van der Waals surface area (Å²) in [5, 5.41) is 29.6. The topological polar surface area (TPSA) is 178 Å². The second-order valence-corrected chi connectivity index (χ2v) is 8.72. The Morgan fingerprint density at radius 3 is 2.15 bits per heavy atom. The lowest BCUT2D eigenvalue weighted by Gasteiger charge is -2.19. The zero-order valence-electron chi connectivity index (χ0n) is 21.4. The van der Waals surface area contributed by atoms with Crippen molar-refractivity contribution >= 4 is 46.2 Å². The summed E-state index contributed by atoms with van der Waals surface area (Å²) in [4.78, 5) is 59.8. The number of halogens is 1. The summed E-state index contributed by atoms with van der Waals surface area (Å²) < 4.78 is 19.1. The Bertz CT molecular complexity index is 1540. The molecule has 0 N–H and O–H groups in total. The van der Waals surface area contributed by atoms with Crippen LogP contribution < -0.4 is 4.90 Å². The first kappa shape index (κ1) is 28.4. The third-order valence-corrected chi connectivity index (χ3v) is 6.11. The maximum atomic E-state index is 13.9. The number of carbonyl (C=O) groups excluding carboxylic acids is 3. The number of carbonyl (C=O) groups is 3. The lowest BCUT2D eigenvalue weighted by molar-refractivity contribution is -0.395. The van der Waals surface area contributed by atoms with Crippen molar-refractivity contribution in [3.05, 3.63) is 97.8 Å². The van der Waals surface area contributed by atoms with Gasteiger partial charge >= 0.3 is 17.3 Å². The number of rotatable bonds is 11. The van der Waals surface area contributed by atoms with Crippen LogP contribution in [0, 0.1) is 26.0 Å². The largest absolute Gasteiger partial charge is 0.464 e. The summed E-state index contributed by atoms with van der Waals surface area (Å²) >= 11 is 0. The fraction of sp³-hybridized carbons (Fsp3) is 0.192. The summed E-state index contributed by atoms with van der Waals surface area (Å²) in [6, 6.07) is 13.9. The van der Waals surface area contributed by atoms with Gasteiger partial charge in [0.25, 0.3) is 11.8 Å². The highest BCUT2D eigenvalue weighted by Crippen LogP contribution is 2.35. The molecule has 0 bridgehead atoms. The van der Waals surface area contributed by atoms with E-state index in [1.54, 1.807) is 48.3 Å². The first-order valence-electron chi connectivity index (χ1n) is 12.0. The van der Waals surface area contributed by atoms with Crippen LogP contribution in [0.5, 0.6) is 0 Å². The van der Waals surface area contributed by atoms with E-state index in [9.17, 15) is 39.0 Å². The van der Waals surface area contributed by atoms with Crippen molar-refractivity contribution in [2.24, 2.45) is 10.2 Å². The summed E-state index contributed by atoms with van der Waals surface area (Å²) in [6.07, 6.45) is 0.0233. The number of nitrogens with zero attached hydrogens (tertiary/aromatic N) is 6. The third kappa shape index (κ3) is 6.35. The van der Waals surface area contributed by atoms with Gasteiger partial charge in [-0.2, -0.15) is 9.50 Å². The number of amides is 2. The predicted octanol–water partition coefficient (Wildman–Crippen LogP) is 4.72. The number of anilines is 1. The van der Waals surface area contributed by atoms with Crippen LogP contribution >= 0.6 is 0 Å². The Hall–Kier alpha value is -5.60. The van der Waals surface area contributed by atoms with Gasteiger partial charge in [0.2, 0.25) is 5.82 Å². The maximum absolute atomic E-state index is 13.9. The average molecular weight is 564 g/mol. The molecule has 210 valence electrons. The van der Waals surface area contributed by atoms with Gasteiger partial charge < -0.3 is 9.64 Å². The van der Waals surface area contributed by atoms with Crippen molar-refractivity contribution in [3.63, 3.8) is 0 Å². The summed E-state index contributed by atoms with van der Waals surface area (Å²) in [7, 11) is 1.73. The van der Waals surface area contributed by atoms with E-state index in [1.165, 1.54) is 12.1 Å².